The number of hydrogen-bond acceptors (Lipinski definition) is 5. The van der Waals surface area contributed by atoms with Gasteiger partial charge in [0.1, 0.15) is 5.60 Å². The number of benzene rings is 2. The molecule has 0 fully saturated rings. The molecule has 1 atom stereocenters. The Morgan fingerprint density at radius 2 is 1.83 bits per heavy atom. The summed E-state index contributed by atoms with van der Waals surface area (Å²) in [5.41, 5.74) is 2.40. The summed E-state index contributed by atoms with van der Waals surface area (Å²) in [6.07, 6.45) is 5.54. The van der Waals surface area contributed by atoms with Crippen molar-refractivity contribution < 1.29 is 19.1 Å². The van der Waals surface area contributed by atoms with Gasteiger partial charge in [-0.2, -0.15) is 0 Å². The molecular formula is C25H27NO4. The molecule has 5 nitrogen and oxygen atoms in total. The molecule has 5 heteroatoms. The lowest BCUT2D eigenvalue weighted by molar-refractivity contribution is -0.159. The second-order valence-corrected chi connectivity index (χ2v) is 8.42. The molecule has 156 valence electrons. The van der Waals surface area contributed by atoms with E-state index in [0.717, 1.165) is 22.3 Å². The molecular weight excluding hydrogens is 378 g/mol. The molecule has 2 aromatic carbocycles. The van der Waals surface area contributed by atoms with E-state index in [1.54, 1.807) is 18.4 Å². The number of methoxy groups -OCH3 is 1. The Morgan fingerprint density at radius 1 is 1.10 bits per heavy atom. The quantitative estimate of drug-likeness (QED) is 0.676. The number of carbonyl (C=O) groups excluding carboxylic acids is 2. The minimum Gasteiger partial charge on any atom is -0.465 e. The van der Waals surface area contributed by atoms with Crippen molar-refractivity contribution in [3.63, 3.8) is 0 Å². The number of carbonyl (C=O) groups is 2. The molecule has 0 saturated carbocycles. The molecule has 2 aromatic rings. The maximum Gasteiger partial charge on any atom is 0.338 e. The van der Waals surface area contributed by atoms with Gasteiger partial charge in [0, 0.05) is 12.6 Å². The molecule has 0 N–H and O–H groups in total. The van der Waals surface area contributed by atoms with Crippen LogP contribution in [0.25, 0.3) is 11.1 Å². The minimum atomic E-state index is -1.10. The van der Waals surface area contributed by atoms with Gasteiger partial charge < -0.3 is 9.47 Å². The van der Waals surface area contributed by atoms with Crippen LogP contribution in [-0.4, -0.2) is 36.4 Å². The van der Waals surface area contributed by atoms with E-state index >= 15 is 0 Å². The first kappa shape index (κ1) is 21.5. The van der Waals surface area contributed by atoms with E-state index in [1.165, 1.54) is 7.11 Å². The van der Waals surface area contributed by atoms with Gasteiger partial charge in [-0.25, -0.2) is 9.59 Å². The minimum absolute atomic E-state index is 0.354. The molecule has 1 heterocycles. The summed E-state index contributed by atoms with van der Waals surface area (Å²) in [7, 11) is 1.37. The van der Waals surface area contributed by atoms with Gasteiger partial charge in [0.05, 0.1) is 12.7 Å². The Bertz CT molecular complexity index is 1020. The van der Waals surface area contributed by atoms with Crippen LogP contribution in [0.5, 0.6) is 0 Å². The zero-order chi connectivity index (χ0) is 21.9. The van der Waals surface area contributed by atoms with Crippen molar-refractivity contribution >= 4 is 18.2 Å². The highest BCUT2D eigenvalue weighted by Crippen LogP contribution is 2.33. The Morgan fingerprint density at radius 3 is 2.47 bits per heavy atom. The fourth-order valence-electron chi connectivity index (χ4n) is 3.45. The second kappa shape index (κ2) is 8.27. The topological polar surface area (TPSA) is 65.0 Å². The summed E-state index contributed by atoms with van der Waals surface area (Å²) in [6.45, 7) is 7.40. The van der Waals surface area contributed by atoms with Crippen molar-refractivity contribution in [3.8, 4) is 11.1 Å². The van der Waals surface area contributed by atoms with Crippen LogP contribution in [0.4, 0.5) is 0 Å². The van der Waals surface area contributed by atoms with E-state index in [-0.39, 0.29) is 11.9 Å². The lowest BCUT2D eigenvalue weighted by Gasteiger charge is -2.28. The summed E-state index contributed by atoms with van der Waals surface area (Å²) in [5.74, 6) is -0.755. The van der Waals surface area contributed by atoms with Crippen LogP contribution in [0.2, 0.25) is 0 Å². The molecule has 0 spiro atoms. The Balaban J connectivity index is 2.02. The Hall–Kier alpha value is -3.21. The molecule has 1 aliphatic rings. The van der Waals surface area contributed by atoms with Gasteiger partial charge in [0.2, 0.25) is 0 Å². The lowest BCUT2D eigenvalue weighted by atomic mass is 9.87. The molecule has 0 aromatic heterocycles. The number of allylic oxidation sites excluding steroid dienone is 1. The maximum atomic E-state index is 13.0. The van der Waals surface area contributed by atoms with Crippen molar-refractivity contribution in [2.75, 3.05) is 7.11 Å². The van der Waals surface area contributed by atoms with Crippen LogP contribution in [0.15, 0.2) is 59.6 Å². The molecule has 1 unspecified atom stereocenters. The van der Waals surface area contributed by atoms with Gasteiger partial charge in [0.25, 0.3) is 0 Å². The predicted octanol–water partition coefficient (Wildman–Crippen LogP) is 4.71. The third kappa shape index (κ3) is 4.51. The highest BCUT2D eigenvalue weighted by Gasteiger charge is 2.41. The van der Waals surface area contributed by atoms with Crippen LogP contribution in [0.1, 0.15) is 42.3 Å². The third-order valence-corrected chi connectivity index (χ3v) is 4.95. The third-order valence-electron chi connectivity index (χ3n) is 4.95. The van der Waals surface area contributed by atoms with Crippen molar-refractivity contribution in [3.05, 3.63) is 71.3 Å². The fourth-order valence-corrected chi connectivity index (χ4v) is 3.45. The molecule has 0 bridgehead atoms. The first-order valence-electron chi connectivity index (χ1n) is 9.89. The van der Waals surface area contributed by atoms with Gasteiger partial charge in [-0.15, -0.1) is 0 Å². The zero-order valence-corrected chi connectivity index (χ0v) is 18.1. The summed E-state index contributed by atoms with van der Waals surface area (Å²) < 4.78 is 10.6. The Labute approximate surface area is 177 Å². The fraction of sp³-hybridized carbons (Fsp3) is 0.320. The van der Waals surface area contributed by atoms with Gasteiger partial charge in [-0.05, 0) is 68.2 Å². The normalized spacial score (nSPS) is 17.8. The summed E-state index contributed by atoms with van der Waals surface area (Å²) in [6, 6.07) is 13.5. The monoisotopic (exact) mass is 405 g/mol. The van der Waals surface area contributed by atoms with Gasteiger partial charge >= 0.3 is 11.9 Å². The number of ether oxygens (including phenoxy) is 2. The van der Waals surface area contributed by atoms with Crippen LogP contribution in [-0.2, 0) is 20.7 Å². The van der Waals surface area contributed by atoms with Crippen molar-refractivity contribution in [1.82, 2.24) is 0 Å². The van der Waals surface area contributed by atoms with E-state index in [2.05, 4.69) is 4.99 Å². The molecule has 0 aliphatic carbocycles. The summed E-state index contributed by atoms with van der Waals surface area (Å²) in [4.78, 5) is 29.6. The van der Waals surface area contributed by atoms with Gasteiger partial charge in [-0.3, -0.25) is 4.99 Å². The second-order valence-electron chi connectivity index (χ2n) is 8.42. The zero-order valence-electron chi connectivity index (χ0n) is 18.1. The first-order chi connectivity index (χ1) is 14.1. The molecule has 3 rings (SSSR count). The van der Waals surface area contributed by atoms with E-state index in [0.29, 0.717) is 12.0 Å². The molecule has 0 radical (unpaired) electrons. The van der Waals surface area contributed by atoms with Crippen molar-refractivity contribution in [1.29, 1.82) is 0 Å². The number of nitrogens with zero attached hydrogens (tertiary/aromatic N) is 1. The highest BCUT2D eigenvalue weighted by atomic mass is 16.6. The average molecular weight is 405 g/mol. The standard InChI is InChI=1S/C25H27NO4/c1-17-11-12-18(15-21(17)22(27)29-5)20-10-7-6-9-19(20)16-25(13-8-14-26-25)23(28)30-24(2,3)4/h6-15H,16H2,1-5H3. The molecule has 30 heavy (non-hydrogen) atoms. The van der Waals surface area contributed by atoms with Crippen LogP contribution >= 0.6 is 0 Å². The number of esters is 2. The molecule has 0 amide bonds. The SMILES string of the molecule is COC(=O)c1cc(-c2ccccc2CC2(C(=O)OC(C)(C)C)C=CC=N2)ccc1C. The van der Waals surface area contributed by atoms with E-state index in [9.17, 15) is 9.59 Å². The van der Waals surface area contributed by atoms with Crippen molar-refractivity contribution in [2.24, 2.45) is 4.99 Å². The van der Waals surface area contributed by atoms with Crippen LogP contribution in [0.3, 0.4) is 0 Å². The van der Waals surface area contributed by atoms with Crippen LogP contribution in [0, 0.1) is 6.92 Å². The van der Waals surface area contributed by atoms with Crippen LogP contribution < -0.4 is 0 Å². The van der Waals surface area contributed by atoms with E-state index in [4.69, 9.17) is 9.47 Å². The van der Waals surface area contributed by atoms with Crippen molar-refractivity contribution in [2.45, 2.75) is 45.3 Å². The smallest absolute Gasteiger partial charge is 0.338 e. The molecule has 0 saturated heterocycles. The van der Waals surface area contributed by atoms with Gasteiger partial charge in [0.15, 0.2) is 5.54 Å². The number of hydrogen-bond donors (Lipinski definition) is 0. The predicted molar refractivity (Wildman–Crippen MR) is 118 cm³/mol. The lowest BCUT2D eigenvalue weighted by Crippen LogP contribution is -2.41. The number of rotatable bonds is 5. The highest BCUT2D eigenvalue weighted by molar-refractivity contribution is 5.94. The average Bonchev–Trinajstić information content (AvgIpc) is 3.17. The Kier molecular flexibility index (Phi) is 5.92. The van der Waals surface area contributed by atoms with Gasteiger partial charge in [-0.1, -0.05) is 36.4 Å². The van der Waals surface area contributed by atoms with E-state index < -0.39 is 11.1 Å². The summed E-state index contributed by atoms with van der Waals surface area (Å²) >= 11 is 0. The first-order valence-corrected chi connectivity index (χ1v) is 9.89. The molecule has 1 aliphatic heterocycles. The summed E-state index contributed by atoms with van der Waals surface area (Å²) in [5, 5.41) is 0. The maximum absolute atomic E-state index is 13.0. The largest absolute Gasteiger partial charge is 0.465 e. The number of aliphatic imine (C=N–C) groups is 1. The number of aryl methyl sites for hydroxylation is 1. The van der Waals surface area contributed by atoms with E-state index in [1.807, 2.05) is 70.2 Å².